The number of benzene rings is 1. The maximum atomic E-state index is 8.24. The summed E-state index contributed by atoms with van der Waals surface area (Å²) >= 11 is 3.25. The lowest BCUT2D eigenvalue weighted by Crippen LogP contribution is -1.60. The van der Waals surface area contributed by atoms with E-state index in [9.17, 15) is 0 Å². The van der Waals surface area contributed by atoms with Crippen LogP contribution in [0.5, 0.6) is 0 Å². The zero-order valence-electron chi connectivity index (χ0n) is 5.03. The molecule has 10 heavy (non-hydrogen) atoms. The second-order valence-electron chi connectivity index (χ2n) is 1.58. The molecule has 0 aliphatic rings. The molecule has 0 fully saturated rings. The van der Waals surface area contributed by atoms with E-state index in [1.54, 1.807) is 12.1 Å². The van der Waals surface area contributed by atoms with Crippen molar-refractivity contribution in [2.45, 2.75) is 0 Å². The molecule has 1 N–H and O–H groups in total. The first-order valence-electron chi connectivity index (χ1n) is 2.43. The van der Waals surface area contributed by atoms with E-state index < -0.39 is 0 Å². The second-order valence-corrected chi connectivity index (χ2v) is 2.49. The monoisotopic (exact) mass is 200 g/mol. The smallest absolute Gasteiger partial charge is 0.385 e. The number of hydrogen-bond donors (Lipinski definition) is 0. The minimum Gasteiger partial charge on any atom is -0.870 e. The Bertz CT molecular complexity index is 239. The highest BCUT2D eigenvalue weighted by Gasteiger charge is 1.99. The van der Waals surface area contributed by atoms with E-state index in [-0.39, 0.29) is 5.48 Å². The molecule has 1 aromatic rings. The van der Waals surface area contributed by atoms with E-state index in [1.165, 1.54) is 0 Å². The van der Waals surface area contributed by atoms with Crippen molar-refractivity contribution in [3.63, 3.8) is 0 Å². The van der Waals surface area contributed by atoms with Gasteiger partial charge < -0.3 is 5.48 Å². The molecule has 1 aromatic carbocycles. The first-order valence-corrected chi connectivity index (χ1v) is 3.23. The van der Waals surface area contributed by atoms with E-state index >= 15 is 0 Å². The van der Waals surface area contributed by atoms with E-state index in [0.29, 0.717) is 5.69 Å². The van der Waals surface area contributed by atoms with Gasteiger partial charge in [0.1, 0.15) is 0 Å². The number of diazo groups is 1. The minimum atomic E-state index is 0. The summed E-state index contributed by atoms with van der Waals surface area (Å²) in [5.74, 6) is 0. The molecule has 4 heteroatoms. The molecule has 0 atom stereocenters. The summed E-state index contributed by atoms with van der Waals surface area (Å²) in [4.78, 5) is 2.99. The van der Waals surface area contributed by atoms with Crippen LogP contribution in [0.4, 0.5) is 5.69 Å². The maximum absolute atomic E-state index is 8.24. The Balaban J connectivity index is 0.000000810. The lowest BCUT2D eigenvalue weighted by molar-refractivity contribution is 0.824. The molecule has 0 aliphatic heterocycles. The van der Waals surface area contributed by atoms with Gasteiger partial charge >= 0.3 is 5.69 Å². The predicted molar refractivity (Wildman–Crippen MR) is 40.8 cm³/mol. The molecule has 0 radical (unpaired) electrons. The fraction of sp³-hybridized carbons (Fsp3) is 0. The highest BCUT2D eigenvalue weighted by Crippen LogP contribution is 2.15. The largest absolute Gasteiger partial charge is 0.870 e. The maximum Gasteiger partial charge on any atom is 0.385 e. The molecule has 0 spiro atoms. The molecule has 0 unspecified atom stereocenters. The fourth-order valence-electron chi connectivity index (χ4n) is 0.508. The van der Waals surface area contributed by atoms with Crippen LogP contribution in [0.25, 0.3) is 4.98 Å². The highest BCUT2D eigenvalue weighted by molar-refractivity contribution is 9.10. The molecule has 0 aliphatic carbocycles. The van der Waals surface area contributed by atoms with Gasteiger partial charge in [-0.15, -0.1) is 0 Å². The molecule has 52 valence electrons. The Morgan fingerprint density at radius 1 is 1.20 bits per heavy atom. The zero-order valence-corrected chi connectivity index (χ0v) is 6.62. The quantitative estimate of drug-likeness (QED) is 0.605. The third-order valence-corrected chi connectivity index (χ3v) is 1.47. The van der Waals surface area contributed by atoms with Crippen molar-refractivity contribution >= 4 is 21.6 Å². The molecular weight excluding hydrogens is 196 g/mol. The van der Waals surface area contributed by atoms with Crippen LogP contribution in [0.2, 0.25) is 0 Å². The standard InChI is InChI=1S/C6H4BrN2.H2O/c7-5-1-3-6(9-8)4-2-5;/h1-4H;1H2/q+1;/p-1. The Morgan fingerprint density at radius 3 is 2.10 bits per heavy atom. The van der Waals surface area contributed by atoms with Crippen molar-refractivity contribution in [2.75, 3.05) is 0 Å². The van der Waals surface area contributed by atoms with Crippen LogP contribution in [0.15, 0.2) is 28.7 Å². The summed E-state index contributed by atoms with van der Waals surface area (Å²) in [6.07, 6.45) is 0. The summed E-state index contributed by atoms with van der Waals surface area (Å²) < 4.78 is 0.981. The molecule has 1 rings (SSSR count). The van der Waals surface area contributed by atoms with E-state index in [1.807, 2.05) is 12.1 Å². The van der Waals surface area contributed by atoms with Crippen LogP contribution in [-0.4, -0.2) is 5.48 Å². The molecule has 3 nitrogen and oxygen atoms in total. The lowest BCUT2D eigenvalue weighted by Gasteiger charge is -1.79. The SMILES string of the molecule is N#[N+]c1ccc(Br)cc1.[OH-]. The van der Waals surface area contributed by atoms with E-state index in [2.05, 4.69) is 20.9 Å². The van der Waals surface area contributed by atoms with Crippen molar-refractivity contribution in [3.8, 4) is 0 Å². The second kappa shape index (κ2) is 3.99. The summed E-state index contributed by atoms with van der Waals surface area (Å²) in [6.45, 7) is 0. The predicted octanol–water partition coefficient (Wildman–Crippen LogP) is 2.76. The van der Waals surface area contributed by atoms with Gasteiger partial charge in [-0.1, -0.05) is 15.9 Å². The summed E-state index contributed by atoms with van der Waals surface area (Å²) in [7, 11) is 0. The van der Waals surface area contributed by atoms with Crippen LogP contribution >= 0.6 is 15.9 Å². The minimum absolute atomic E-state index is 0. The van der Waals surface area contributed by atoms with Crippen molar-refractivity contribution in [1.82, 2.24) is 0 Å². The van der Waals surface area contributed by atoms with Crippen LogP contribution in [0.1, 0.15) is 0 Å². The van der Waals surface area contributed by atoms with Crippen molar-refractivity contribution in [2.24, 2.45) is 0 Å². The normalized spacial score (nSPS) is 7.60. The Kier molecular flexibility index (Phi) is 3.62. The lowest BCUT2D eigenvalue weighted by atomic mass is 10.3. The van der Waals surface area contributed by atoms with Gasteiger partial charge in [-0.3, -0.25) is 0 Å². The fourth-order valence-corrected chi connectivity index (χ4v) is 0.772. The Hall–Kier alpha value is -0.920. The average Bonchev–Trinajstić information content (AvgIpc) is 1.90. The molecule has 0 aromatic heterocycles. The Labute approximate surface area is 66.7 Å². The zero-order chi connectivity index (χ0) is 6.69. The third kappa shape index (κ3) is 2.13. The number of hydrogen-bond acceptors (Lipinski definition) is 2. The van der Waals surface area contributed by atoms with Crippen molar-refractivity contribution in [1.29, 1.82) is 5.39 Å². The third-order valence-electron chi connectivity index (χ3n) is 0.942. The summed E-state index contributed by atoms with van der Waals surface area (Å²) in [6, 6.07) is 7.05. The molecular formula is C6H5BrN2O. The van der Waals surface area contributed by atoms with E-state index in [4.69, 9.17) is 5.39 Å². The van der Waals surface area contributed by atoms with Gasteiger partial charge in [0.25, 0.3) is 0 Å². The van der Waals surface area contributed by atoms with Crippen molar-refractivity contribution < 1.29 is 5.48 Å². The molecule has 0 saturated heterocycles. The van der Waals surface area contributed by atoms with E-state index in [0.717, 1.165) is 4.47 Å². The topological polar surface area (TPSA) is 58.1 Å². The number of nitrogens with zero attached hydrogens (tertiary/aromatic N) is 2. The van der Waals surface area contributed by atoms with Crippen LogP contribution in [0, 0.1) is 5.39 Å². The number of rotatable bonds is 0. The summed E-state index contributed by atoms with van der Waals surface area (Å²) in [5.41, 5.74) is 0.568. The van der Waals surface area contributed by atoms with Gasteiger partial charge in [-0.2, -0.15) is 0 Å². The average molecular weight is 201 g/mol. The highest BCUT2D eigenvalue weighted by atomic mass is 79.9. The van der Waals surface area contributed by atoms with Crippen LogP contribution < -0.4 is 0 Å². The first kappa shape index (κ1) is 9.08. The first-order chi connectivity index (χ1) is 4.33. The molecule has 0 saturated carbocycles. The van der Waals surface area contributed by atoms with Gasteiger partial charge in [0.2, 0.25) is 5.39 Å². The van der Waals surface area contributed by atoms with Gasteiger partial charge in [-0.05, 0) is 12.1 Å². The van der Waals surface area contributed by atoms with Gasteiger partial charge in [-0.25, -0.2) is 0 Å². The molecule has 0 bridgehead atoms. The van der Waals surface area contributed by atoms with Gasteiger partial charge in [0, 0.05) is 16.6 Å². The molecule has 0 heterocycles. The van der Waals surface area contributed by atoms with Gasteiger partial charge in [0.15, 0.2) is 4.98 Å². The Morgan fingerprint density at radius 2 is 1.70 bits per heavy atom. The molecule has 0 amide bonds. The van der Waals surface area contributed by atoms with Crippen LogP contribution in [0.3, 0.4) is 0 Å². The summed E-state index contributed by atoms with van der Waals surface area (Å²) in [5, 5.41) is 8.24. The van der Waals surface area contributed by atoms with Gasteiger partial charge in [0.05, 0.1) is 0 Å². The van der Waals surface area contributed by atoms with Crippen molar-refractivity contribution in [3.05, 3.63) is 33.7 Å². The number of halogens is 1. The van der Waals surface area contributed by atoms with Crippen LogP contribution in [-0.2, 0) is 0 Å².